The van der Waals surface area contributed by atoms with Crippen LogP contribution in [0.25, 0.3) is 0 Å². The highest BCUT2D eigenvalue weighted by molar-refractivity contribution is 7.80. The number of aryl methyl sites for hydroxylation is 1. The van der Waals surface area contributed by atoms with Crippen LogP contribution in [0.4, 0.5) is 5.69 Å². The van der Waals surface area contributed by atoms with Gasteiger partial charge in [0.25, 0.3) is 0 Å². The van der Waals surface area contributed by atoms with Gasteiger partial charge in [0, 0.05) is 17.8 Å². The fraction of sp³-hybridized carbons (Fsp3) is 0.154. The molecular weight excluding hydrogens is 248 g/mol. The Hall–Kier alpha value is -1.39. The van der Waals surface area contributed by atoms with Crippen LogP contribution in [-0.2, 0) is 6.54 Å². The predicted molar refractivity (Wildman–Crippen MR) is 78.7 cm³/mol. The molecule has 2 rings (SSSR count). The highest BCUT2D eigenvalue weighted by atomic mass is 32.1. The molecule has 0 saturated heterocycles. The van der Waals surface area contributed by atoms with E-state index in [4.69, 9.17) is 18.0 Å². The van der Waals surface area contributed by atoms with Crippen molar-refractivity contribution < 1.29 is 0 Å². The minimum atomic E-state index is 0.451. The average molecular weight is 262 g/mol. The van der Waals surface area contributed by atoms with Crippen molar-refractivity contribution in [1.82, 2.24) is 0 Å². The normalized spacial score (nSPS) is 10.2. The van der Waals surface area contributed by atoms with Crippen LogP contribution in [0.1, 0.15) is 16.7 Å². The first kappa shape index (κ1) is 12.1. The number of anilines is 1. The number of hydrogen-bond acceptors (Lipinski definition) is 3. The third-order valence-corrected chi connectivity index (χ3v) is 3.52. The standard InChI is InChI=1S/C13H14N2S2/c1-9-6-11(2-3-12(9)13(14)16)15-7-10-4-5-17-8-10/h2-6,8,15H,7H2,1H3,(H2,14,16). The van der Waals surface area contributed by atoms with Crippen LogP contribution in [-0.4, -0.2) is 4.99 Å². The molecule has 0 radical (unpaired) electrons. The zero-order valence-corrected chi connectivity index (χ0v) is 11.2. The van der Waals surface area contributed by atoms with Crippen molar-refractivity contribution in [3.05, 3.63) is 51.7 Å². The van der Waals surface area contributed by atoms with Gasteiger partial charge in [-0.25, -0.2) is 0 Å². The molecule has 1 aromatic carbocycles. The monoisotopic (exact) mass is 262 g/mol. The predicted octanol–water partition coefficient (Wildman–Crippen LogP) is 3.30. The lowest BCUT2D eigenvalue weighted by molar-refractivity contribution is 1.16. The lowest BCUT2D eigenvalue weighted by Gasteiger charge is -2.09. The van der Waals surface area contributed by atoms with E-state index in [9.17, 15) is 0 Å². The van der Waals surface area contributed by atoms with Gasteiger partial charge in [-0.05, 0) is 53.1 Å². The molecule has 1 aromatic heterocycles. The Balaban J connectivity index is 2.07. The molecule has 3 N–H and O–H groups in total. The molecular formula is C13H14N2S2. The van der Waals surface area contributed by atoms with Gasteiger partial charge >= 0.3 is 0 Å². The Bertz CT molecular complexity index is 518. The van der Waals surface area contributed by atoms with Gasteiger partial charge in [-0.15, -0.1) is 0 Å². The largest absolute Gasteiger partial charge is 0.389 e. The van der Waals surface area contributed by atoms with Crippen molar-refractivity contribution in [2.24, 2.45) is 5.73 Å². The van der Waals surface area contributed by atoms with Gasteiger partial charge < -0.3 is 11.1 Å². The highest BCUT2D eigenvalue weighted by Crippen LogP contribution is 2.16. The van der Waals surface area contributed by atoms with Crippen LogP contribution in [0.2, 0.25) is 0 Å². The van der Waals surface area contributed by atoms with E-state index in [1.54, 1.807) is 11.3 Å². The van der Waals surface area contributed by atoms with E-state index in [-0.39, 0.29) is 0 Å². The lowest BCUT2D eigenvalue weighted by atomic mass is 10.1. The Morgan fingerprint density at radius 1 is 1.41 bits per heavy atom. The quantitative estimate of drug-likeness (QED) is 0.830. The number of nitrogens with one attached hydrogen (secondary N) is 1. The van der Waals surface area contributed by atoms with Crippen molar-refractivity contribution in [2.45, 2.75) is 13.5 Å². The maximum Gasteiger partial charge on any atom is 0.104 e. The number of thiophene rings is 1. The van der Waals surface area contributed by atoms with E-state index in [1.807, 2.05) is 19.1 Å². The first-order valence-electron chi connectivity index (χ1n) is 5.32. The molecule has 0 aliphatic carbocycles. The molecule has 0 unspecified atom stereocenters. The maximum atomic E-state index is 5.63. The SMILES string of the molecule is Cc1cc(NCc2ccsc2)ccc1C(N)=S. The highest BCUT2D eigenvalue weighted by Gasteiger charge is 2.02. The minimum Gasteiger partial charge on any atom is -0.389 e. The molecule has 1 heterocycles. The summed E-state index contributed by atoms with van der Waals surface area (Å²) in [5.41, 5.74) is 10.1. The van der Waals surface area contributed by atoms with E-state index in [0.29, 0.717) is 4.99 Å². The lowest BCUT2D eigenvalue weighted by Crippen LogP contribution is -2.11. The zero-order chi connectivity index (χ0) is 12.3. The van der Waals surface area contributed by atoms with E-state index >= 15 is 0 Å². The molecule has 0 aliphatic heterocycles. The molecule has 4 heteroatoms. The van der Waals surface area contributed by atoms with Crippen LogP contribution in [0, 0.1) is 6.92 Å². The summed E-state index contributed by atoms with van der Waals surface area (Å²) in [7, 11) is 0. The molecule has 88 valence electrons. The molecule has 0 amide bonds. The van der Waals surface area contributed by atoms with E-state index in [2.05, 4.69) is 28.2 Å². The molecule has 17 heavy (non-hydrogen) atoms. The molecule has 2 nitrogen and oxygen atoms in total. The third kappa shape index (κ3) is 3.05. The number of thiocarbonyl (C=S) groups is 1. The van der Waals surface area contributed by atoms with Gasteiger partial charge in [-0.3, -0.25) is 0 Å². The first-order chi connectivity index (χ1) is 8.16. The summed E-state index contributed by atoms with van der Waals surface area (Å²) in [6, 6.07) is 8.16. The van der Waals surface area contributed by atoms with Crippen LogP contribution in [0.5, 0.6) is 0 Å². The van der Waals surface area contributed by atoms with Crippen molar-refractivity contribution in [3.8, 4) is 0 Å². The second-order valence-electron chi connectivity index (χ2n) is 3.88. The van der Waals surface area contributed by atoms with Crippen molar-refractivity contribution in [1.29, 1.82) is 0 Å². The van der Waals surface area contributed by atoms with Crippen LogP contribution >= 0.6 is 23.6 Å². The molecule has 0 aliphatic rings. The van der Waals surface area contributed by atoms with Gasteiger partial charge in [0.05, 0.1) is 0 Å². The number of benzene rings is 1. The van der Waals surface area contributed by atoms with Crippen LogP contribution in [0.15, 0.2) is 35.0 Å². The van der Waals surface area contributed by atoms with Crippen LogP contribution < -0.4 is 11.1 Å². The van der Waals surface area contributed by atoms with Gasteiger partial charge in [0.15, 0.2) is 0 Å². The van der Waals surface area contributed by atoms with Gasteiger partial charge in [0.1, 0.15) is 4.99 Å². The van der Waals surface area contributed by atoms with Crippen LogP contribution in [0.3, 0.4) is 0 Å². The van der Waals surface area contributed by atoms with Gasteiger partial charge in [-0.2, -0.15) is 11.3 Å². The molecule has 0 atom stereocenters. The van der Waals surface area contributed by atoms with Crippen molar-refractivity contribution in [3.63, 3.8) is 0 Å². The molecule has 0 bridgehead atoms. The van der Waals surface area contributed by atoms with Crippen molar-refractivity contribution in [2.75, 3.05) is 5.32 Å². The van der Waals surface area contributed by atoms with Crippen molar-refractivity contribution >= 4 is 34.2 Å². The summed E-state index contributed by atoms with van der Waals surface area (Å²) in [5, 5.41) is 7.60. The summed E-state index contributed by atoms with van der Waals surface area (Å²) in [6.07, 6.45) is 0. The van der Waals surface area contributed by atoms with E-state index < -0.39 is 0 Å². The summed E-state index contributed by atoms with van der Waals surface area (Å²) in [6.45, 7) is 2.86. The summed E-state index contributed by atoms with van der Waals surface area (Å²) >= 11 is 6.69. The Morgan fingerprint density at radius 2 is 2.24 bits per heavy atom. The number of rotatable bonds is 4. The summed E-state index contributed by atoms with van der Waals surface area (Å²) < 4.78 is 0. The molecule has 0 spiro atoms. The van der Waals surface area contributed by atoms with E-state index in [1.165, 1.54) is 5.56 Å². The maximum absolute atomic E-state index is 5.63. The second-order valence-corrected chi connectivity index (χ2v) is 5.10. The first-order valence-corrected chi connectivity index (χ1v) is 6.67. The topological polar surface area (TPSA) is 38.0 Å². The average Bonchev–Trinajstić information content (AvgIpc) is 2.78. The zero-order valence-electron chi connectivity index (χ0n) is 9.57. The Morgan fingerprint density at radius 3 is 2.82 bits per heavy atom. The number of nitrogens with two attached hydrogens (primary N) is 1. The Kier molecular flexibility index (Phi) is 3.76. The van der Waals surface area contributed by atoms with E-state index in [0.717, 1.165) is 23.4 Å². The molecule has 2 aromatic rings. The molecule has 0 saturated carbocycles. The molecule has 0 fully saturated rings. The third-order valence-electron chi connectivity index (χ3n) is 2.57. The smallest absolute Gasteiger partial charge is 0.104 e. The fourth-order valence-corrected chi connectivity index (χ4v) is 2.55. The minimum absolute atomic E-state index is 0.451. The Labute approximate surface area is 110 Å². The van der Waals surface area contributed by atoms with Gasteiger partial charge in [0.2, 0.25) is 0 Å². The number of hydrogen-bond donors (Lipinski definition) is 2. The van der Waals surface area contributed by atoms with Gasteiger partial charge in [-0.1, -0.05) is 12.2 Å². The fourth-order valence-electron chi connectivity index (χ4n) is 1.65. The summed E-state index contributed by atoms with van der Waals surface area (Å²) in [5.74, 6) is 0. The summed E-state index contributed by atoms with van der Waals surface area (Å²) in [4.78, 5) is 0.451. The second kappa shape index (κ2) is 5.29.